The van der Waals surface area contributed by atoms with Gasteiger partial charge in [-0.25, -0.2) is 0 Å². The number of aliphatic carboxylic acids is 1. The van der Waals surface area contributed by atoms with Crippen molar-refractivity contribution in [2.24, 2.45) is 11.8 Å². The van der Waals surface area contributed by atoms with Crippen LogP contribution < -0.4 is 5.32 Å². The van der Waals surface area contributed by atoms with Crippen LogP contribution in [0.2, 0.25) is 0 Å². The van der Waals surface area contributed by atoms with Crippen molar-refractivity contribution < 1.29 is 14.7 Å². The first-order valence-corrected chi connectivity index (χ1v) is 6.40. The van der Waals surface area contributed by atoms with Crippen molar-refractivity contribution in [2.75, 3.05) is 6.54 Å². The van der Waals surface area contributed by atoms with Crippen LogP contribution in [-0.2, 0) is 4.79 Å². The smallest absolute Gasteiger partial charge is 0.303 e. The molecule has 1 atom stereocenters. The van der Waals surface area contributed by atoms with Gasteiger partial charge in [-0.05, 0) is 25.2 Å². The Bertz CT molecular complexity index is 440. The van der Waals surface area contributed by atoms with Crippen LogP contribution in [0.4, 0.5) is 0 Å². The number of aromatic nitrogens is 2. The summed E-state index contributed by atoms with van der Waals surface area (Å²) in [6, 6.07) is 0. The van der Waals surface area contributed by atoms with E-state index in [0.717, 1.165) is 6.42 Å². The Hall–Kier alpha value is -1.85. The van der Waals surface area contributed by atoms with Crippen molar-refractivity contribution in [3.8, 4) is 0 Å². The van der Waals surface area contributed by atoms with Gasteiger partial charge in [-0.2, -0.15) is 5.10 Å². The summed E-state index contributed by atoms with van der Waals surface area (Å²) >= 11 is 0. The standard InChI is InChI=1S/C13H21N3O3/c1-8(2)4-10(5-12(17)18)6-14-13(19)11-7-15-16-9(11)3/h7-8,10H,4-6H2,1-3H3,(H,14,19)(H,15,16)(H,17,18)/t10-/m0/s1. The van der Waals surface area contributed by atoms with Crippen molar-refractivity contribution in [3.63, 3.8) is 0 Å². The summed E-state index contributed by atoms with van der Waals surface area (Å²) in [5, 5.41) is 18.1. The Morgan fingerprint density at radius 1 is 1.47 bits per heavy atom. The number of carboxylic acids is 1. The average Bonchev–Trinajstić information content (AvgIpc) is 2.70. The molecule has 0 aromatic carbocycles. The molecule has 1 heterocycles. The Morgan fingerprint density at radius 3 is 2.63 bits per heavy atom. The van der Waals surface area contributed by atoms with Crippen LogP contribution in [0.15, 0.2) is 6.20 Å². The molecular formula is C13H21N3O3. The molecule has 0 saturated heterocycles. The Kier molecular flexibility index (Phi) is 5.54. The average molecular weight is 267 g/mol. The molecule has 0 aliphatic rings. The molecule has 0 bridgehead atoms. The lowest BCUT2D eigenvalue weighted by atomic mass is 9.94. The fourth-order valence-corrected chi connectivity index (χ4v) is 2.06. The van der Waals surface area contributed by atoms with E-state index < -0.39 is 5.97 Å². The monoisotopic (exact) mass is 267 g/mol. The first-order chi connectivity index (χ1) is 8.90. The molecule has 1 aromatic rings. The van der Waals surface area contributed by atoms with Gasteiger partial charge in [0.15, 0.2) is 0 Å². The minimum absolute atomic E-state index is 0.0475. The molecule has 1 aromatic heterocycles. The van der Waals surface area contributed by atoms with E-state index in [0.29, 0.717) is 23.7 Å². The second kappa shape index (κ2) is 6.92. The lowest BCUT2D eigenvalue weighted by Gasteiger charge is -2.17. The number of carbonyl (C=O) groups is 2. The van der Waals surface area contributed by atoms with Crippen LogP contribution in [0.1, 0.15) is 42.7 Å². The van der Waals surface area contributed by atoms with Crippen LogP contribution in [0.3, 0.4) is 0 Å². The van der Waals surface area contributed by atoms with Gasteiger partial charge in [0.2, 0.25) is 0 Å². The number of aryl methyl sites for hydroxylation is 1. The summed E-state index contributed by atoms with van der Waals surface area (Å²) in [7, 11) is 0. The molecule has 6 nitrogen and oxygen atoms in total. The third-order valence-corrected chi connectivity index (χ3v) is 2.89. The summed E-state index contributed by atoms with van der Waals surface area (Å²) in [6.07, 6.45) is 2.32. The lowest BCUT2D eigenvalue weighted by molar-refractivity contribution is -0.138. The number of hydrogen-bond acceptors (Lipinski definition) is 3. The first-order valence-electron chi connectivity index (χ1n) is 6.40. The predicted octanol–water partition coefficient (Wildman–Crippen LogP) is 1.58. The Balaban J connectivity index is 2.53. The van der Waals surface area contributed by atoms with Crippen molar-refractivity contribution in [1.29, 1.82) is 0 Å². The number of carbonyl (C=O) groups excluding carboxylic acids is 1. The fourth-order valence-electron chi connectivity index (χ4n) is 2.06. The Labute approximate surface area is 112 Å². The highest BCUT2D eigenvalue weighted by atomic mass is 16.4. The minimum atomic E-state index is -0.834. The molecule has 0 fully saturated rings. The molecule has 0 radical (unpaired) electrons. The molecule has 6 heteroatoms. The fraction of sp³-hybridized carbons (Fsp3) is 0.615. The maximum absolute atomic E-state index is 11.9. The number of aromatic amines is 1. The van der Waals surface area contributed by atoms with Crippen LogP contribution in [-0.4, -0.2) is 33.7 Å². The van der Waals surface area contributed by atoms with Gasteiger partial charge in [0.1, 0.15) is 0 Å². The summed E-state index contributed by atoms with van der Waals surface area (Å²) in [5.41, 5.74) is 1.20. The predicted molar refractivity (Wildman–Crippen MR) is 70.9 cm³/mol. The zero-order chi connectivity index (χ0) is 14.4. The van der Waals surface area contributed by atoms with Gasteiger partial charge in [0, 0.05) is 18.7 Å². The van der Waals surface area contributed by atoms with Crippen LogP contribution in [0, 0.1) is 18.8 Å². The molecule has 0 aliphatic carbocycles. The second-order valence-corrected chi connectivity index (χ2v) is 5.21. The SMILES string of the molecule is Cc1[nH]ncc1C(=O)NC[C@H](CC(=O)O)CC(C)C. The molecule has 0 spiro atoms. The van der Waals surface area contributed by atoms with E-state index in [2.05, 4.69) is 15.5 Å². The number of rotatable bonds is 7. The second-order valence-electron chi connectivity index (χ2n) is 5.21. The zero-order valence-corrected chi connectivity index (χ0v) is 11.6. The molecule has 0 saturated carbocycles. The van der Waals surface area contributed by atoms with E-state index in [-0.39, 0.29) is 18.2 Å². The van der Waals surface area contributed by atoms with Gasteiger partial charge in [-0.3, -0.25) is 14.7 Å². The van der Waals surface area contributed by atoms with Gasteiger partial charge >= 0.3 is 5.97 Å². The maximum Gasteiger partial charge on any atom is 0.303 e. The van der Waals surface area contributed by atoms with Crippen molar-refractivity contribution in [3.05, 3.63) is 17.5 Å². The van der Waals surface area contributed by atoms with Gasteiger partial charge in [-0.1, -0.05) is 13.8 Å². The molecule has 1 rings (SSSR count). The zero-order valence-electron chi connectivity index (χ0n) is 11.6. The lowest BCUT2D eigenvalue weighted by Crippen LogP contribution is -2.31. The highest BCUT2D eigenvalue weighted by molar-refractivity contribution is 5.94. The summed E-state index contributed by atoms with van der Waals surface area (Å²) in [5.74, 6) is -0.699. The molecule has 0 unspecified atom stereocenters. The van der Waals surface area contributed by atoms with Crippen LogP contribution in [0.5, 0.6) is 0 Å². The van der Waals surface area contributed by atoms with E-state index >= 15 is 0 Å². The number of hydrogen-bond donors (Lipinski definition) is 3. The van der Waals surface area contributed by atoms with Gasteiger partial charge in [-0.15, -0.1) is 0 Å². The normalized spacial score (nSPS) is 12.4. The Morgan fingerprint density at radius 2 is 2.16 bits per heavy atom. The maximum atomic E-state index is 11.9. The quantitative estimate of drug-likeness (QED) is 0.699. The largest absolute Gasteiger partial charge is 0.481 e. The van der Waals surface area contributed by atoms with Gasteiger partial charge in [0.25, 0.3) is 5.91 Å². The number of nitrogens with zero attached hydrogens (tertiary/aromatic N) is 1. The van der Waals surface area contributed by atoms with E-state index in [1.54, 1.807) is 6.92 Å². The molecule has 1 amide bonds. The van der Waals surface area contributed by atoms with E-state index in [1.165, 1.54) is 6.20 Å². The number of amides is 1. The third-order valence-electron chi connectivity index (χ3n) is 2.89. The summed E-state index contributed by atoms with van der Waals surface area (Å²) in [4.78, 5) is 22.7. The minimum Gasteiger partial charge on any atom is -0.481 e. The summed E-state index contributed by atoms with van der Waals surface area (Å²) < 4.78 is 0. The van der Waals surface area contributed by atoms with E-state index in [9.17, 15) is 9.59 Å². The molecule has 106 valence electrons. The number of nitrogens with one attached hydrogen (secondary N) is 2. The molecular weight excluding hydrogens is 246 g/mol. The number of H-pyrrole nitrogens is 1. The third kappa shape index (κ3) is 5.11. The number of carboxylic acid groups (broad SMARTS) is 1. The van der Waals surface area contributed by atoms with Gasteiger partial charge < -0.3 is 10.4 Å². The summed E-state index contributed by atoms with van der Waals surface area (Å²) in [6.45, 7) is 6.21. The first kappa shape index (κ1) is 15.2. The highest BCUT2D eigenvalue weighted by Gasteiger charge is 2.17. The van der Waals surface area contributed by atoms with E-state index in [1.807, 2.05) is 13.8 Å². The van der Waals surface area contributed by atoms with Crippen molar-refractivity contribution in [2.45, 2.75) is 33.6 Å². The van der Waals surface area contributed by atoms with Crippen LogP contribution in [0.25, 0.3) is 0 Å². The highest BCUT2D eigenvalue weighted by Crippen LogP contribution is 2.15. The van der Waals surface area contributed by atoms with Gasteiger partial charge in [0.05, 0.1) is 11.8 Å². The molecule has 19 heavy (non-hydrogen) atoms. The topological polar surface area (TPSA) is 95.1 Å². The van der Waals surface area contributed by atoms with Crippen molar-refractivity contribution in [1.82, 2.24) is 15.5 Å². The molecule has 0 aliphatic heterocycles. The van der Waals surface area contributed by atoms with E-state index in [4.69, 9.17) is 5.11 Å². The molecule has 3 N–H and O–H groups in total. The van der Waals surface area contributed by atoms with Crippen LogP contribution >= 0.6 is 0 Å². The van der Waals surface area contributed by atoms with Crippen molar-refractivity contribution >= 4 is 11.9 Å².